The summed E-state index contributed by atoms with van der Waals surface area (Å²) in [4.78, 5) is 17.6. The van der Waals surface area contributed by atoms with Crippen LogP contribution in [0.3, 0.4) is 0 Å². The van der Waals surface area contributed by atoms with Gasteiger partial charge in [-0.25, -0.2) is 4.98 Å². The van der Waals surface area contributed by atoms with Gasteiger partial charge in [0.25, 0.3) is 5.69 Å². The first-order valence-electron chi connectivity index (χ1n) is 8.00. The fraction of sp³-hybridized carbons (Fsp3) is 0.0556. The molecule has 1 aromatic heterocycles. The number of alkyl halides is 3. The zero-order valence-electron chi connectivity index (χ0n) is 14.4. The van der Waals surface area contributed by atoms with E-state index >= 15 is 0 Å². The van der Waals surface area contributed by atoms with Crippen LogP contribution in [0.4, 0.5) is 42.0 Å². The zero-order valence-corrected chi connectivity index (χ0v) is 14.4. The summed E-state index contributed by atoms with van der Waals surface area (Å²) in [7, 11) is 0. The molecule has 0 amide bonds. The molecule has 0 spiro atoms. The first-order chi connectivity index (χ1) is 13.8. The lowest BCUT2D eigenvalue weighted by atomic mass is 10.2. The van der Waals surface area contributed by atoms with E-state index in [-0.39, 0.29) is 22.9 Å². The second kappa shape index (κ2) is 7.81. The van der Waals surface area contributed by atoms with Gasteiger partial charge in [-0.2, -0.15) is 23.4 Å². The standard InChI is InChI=1S/C18H11F3N6O2/c19-18(20,21)14-10-23-17(24-12-5-7-13(8-6-12)27(28)29)26-16(14)25-15-4-2-1-3-11(15)9-22/h1-8,10H,(H2,23,24,25,26). The van der Waals surface area contributed by atoms with Crippen LogP contribution in [-0.2, 0) is 6.18 Å². The smallest absolute Gasteiger partial charge is 0.338 e. The quantitative estimate of drug-likeness (QED) is 0.468. The number of benzene rings is 2. The van der Waals surface area contributed by atoms with E-state index in [1.807, 2.05) is 6.07 Å². The molecule has 0 atom stereocenters. The summed E-state index contributed by atoms with van der Waals surface area (Å²) < 4.78 is 40.0. The second-order valence-corrected chi connectivity index (χ2v) is 5.67. The Hall–Kier alpha value is -4.20. The molecule has 8 nitrogen and oxygen atoms in total. The van der Waals surface area contributed by atoms with Gasteiger partial charge in [-0.1, -0.05) is 12.1 Å². The van der Waals surface area contributed by atoms with Gasteiger partial charge in [0.05, 0.1) is 16.2 Å². The van der Waals surface area contributed by atoms with Gasteiger partial charge in [0.15, 0.2) is 0 Å². The Morgan fingerprint density at radius 1 is 1.07 bits per heavy atom. The summed E-state index contributed by atoms with van der Waals surface area (Å²) in [6.45, 7) is 0. The maximum atomic E-state index is 13.3. The van der Waals surface area contributed by atoms with E-state index < -0.39 is 22.5 Å². The molecule has 0 saturated heterocycles. The minimum absolute atomic E-state index is 0.139. The number of halogens is 3. The Bertz CT molecular complexity index is 1090. The van der Waals surface area contributed by atoms with Crippen molar-refractivity contribution in [3.8, 4) is 6.07 Å². The topological polar surface area (TPSA) is 117 Å². The Morgan fingerprint density at radius 2 is 1.76 bits per heavy atom. The molecule has 1 heterocycles. The van der Waals surface area contributed by atoms with Crippen LogP contribution in [0.5, 0.6) is 0 Å². The van der Waals surface area contributed by atoms with Crippen LogP contribution < -0.4 is 10.6 Å². The summed E-state index contributed by atoms with van der Waals surface area (Å²) in [5.41, 5.74) is -0.609. The van der Waals surface area contributed by atoms with E-state index in [9.17, 15) is 23.3 Å². The molecule has 3 rings (SSSR count). The predicted octanol–water partition coefficient (Wildman–Crippen LogP) is 4.76. The van der Waals surface area contributed by atoms with Crippen LogP contribution >= 0.6 is 0 Å². The third kappa shape index (κ3) is 4.56. The monoisotopic (exact) mass is 400 g/mol. The number of nitro groups is 1. The lowest BCUT2D eigenvalue weighted by molar-refractivity contribution is -0.384. The van der Waals surface area contributed by atoms with Crippen molar-refractivity contribution in [2.24, 2.45) is 0 Å². The molecular weight excluding hydrogens is 389 g/mol. The summed E-state index contributed by atoms with van der Waals surface area (Å²) in [6.07, 6.45) is -4.12. The zero-order chi connectivity index (χ0) is 21.0. The molecule has 11 heteroatoms. The van der Waals surface area contributed by atoms with Crippen molar-refractivity contribution in [3.63, 3.8) is 0 Å². The number of hydrogen-bond donors (Lipinski definition) is 2. The number of non-ortho nitro benzene ring substituents is 1. The van der Waals surface area contributed by atoms with E-state index in [4.69, 9.17) is 5.26 Å². The van der Waals surface area contributed by atoms with Gasteiger partial charge in [-0.3, -0.25) is 10.1 Å². The molecule has 3 aromatic rings. The van der Waals surface area contributed by atoms with Crippen LogP contribution in [0.1, 0.15) is 11.1 Å². The number of rotatable bonds is 5. The van der Waals surface area contributed by atoms with Gasteiger partial charge in [0, 0.05) is 24.0 Å². The van der Waals surface area contributed by atoms with Crippen molar-refractivity contribution in [1.82, 2.24) is 9.97 Å². The highest BCUT2D eigenvalue weighted by Gasteiger charge is 2.35. The van der Waals surface area contributed by atoms with E-state index in [0.29, 0.717) is 11.9 Å². The molecule has 0 aliphatic heterocycles. The van der Waals surface area contributed by atoms with Crippen molar-refractivity contribution in [2.45, 2.75) is 6.18 Å². The number of nitrogens with zero attached hydrogens (tertiary/aromatic N) is 4. The fourth-order valence-corrected chi connectivity index (χ4v) is 2.36. The lowest BCUT2D eigenvalue weighted by Gasteiger charge is -2.15. The number of nitrogens with one attached hydrogen (secondary N) is 2. The normalized spacial score (nSPS) is 10.8. The van der Waals surface area contributed by atoms with Crippen molar-refractivity contribution >= 4 is 28.8 Å². The van der Waals surface area contributed by atoms with Crippen LogP contribution in [0.15, 0.2) is 54.7 Å². The molecule has 0 bridgehead atoms. The average Bonchev–Trinajstić information content (AvgIpc) is 2.68. The van der Waals surface area contributed by atoms with Crippen LogP contribution in [0.2, 0.25) is 0 Å². The van der Waals surface area contributed by atoms with E-state index in [1.165, 1.54) is 36.4 Å². The minimum atomic E-state index is -4.73. The first kappa shape index (κ1) is 19.6. The largest absolute Gasteiger partial charge is 0.421 e. The molecule has 0 aliphatic carbocycles. The van der Waals surface area contributed by atoms with E-state index in [1.54, 1.807) is 12.1 Å². The fourth-order valence-electron chi connectivity index (χ4n) is 2.36. The minimum Gasteiger partial charge on any atom is -0.338 e. The molecule has 0 unspecified atom stereocenters. The van der Waals surface area contributed by atoms with Crippen molar-refractivity contribution in [3.05, 3.63) is 76.0 Å². The maximum absolute atomic E-state index is 13.3. The maximum Gasteiger partial charge on any atom is 0.421 e. The number of anilines is 4. The third-order valence-corrected chi connectivity index (χ3v) is 3.73. The van der Waals surface area contributed by atoms with E-state index in [2.05, 4.69) is 20.6 Å². The van der Waals surface area contributed by atoms with Gasteiger partial charge >= 0.3 is 6.18 Å². The summed E-state index contributed by atoms with van der Waals surface area (Å²) in [6, 6.07) is 13.1. The molecule has 2 N–H and O–H groups in total. The third-order valence-electron chi connectivity index (χ3n) is 3.73. The summed E-state index contributed by atoms with van der Waals surface area (Å²) in [5, 5.41) is 25.0. The lowest BCUT2D eigenvalue weighted by Crippen LogP contribution is -2.13. The highest BCUT2D eigenvalue weighted by Crippen LogP contribution is 2.35. The molecule has 146 valence electrons. The Labute approximate surface area is 161 Å². The number of para-hydroxylation sites is 1. The highest BCUT2D eigenvalue weighted by atomic mass is 19.4. The molecule has 29 heavy (non-hydrogen) atoms. The summed E-state index contributed by atoms with van der Waals surface area (Å²) >= 11 is 0. The molecule has 0 fully saturated rings. The van der Waals surface area contributed by atoms with Crippen molar-refractivity contribution in [1.29, 1.82) is 5.26 Å². The molecular formula is C18H11F3N6O2. The number of nitriles is 1. The number of hydrogen-bond acceptors (Lipinski definition) is 7. The van der Waals surface area contributed by atoms with Crippen LogP contribution in [0.25, 0.3) is 0 Å². The second-order valence-electron chi connectivity index (χ2n) is 5.67. The predicted molar refractivity (Wildman–Crippen MR) is 97.9 cm³/mol. The molecule has 0 saturated carbocycles. The van der Waals surface area contributed by atoms with Gasteiger partial charge in [-0.05, 0) is 24.3 Å². The van der Waals surface area contributed by atoms with Gasteiger partial charge in [0.2, 0.25) is 5.95 Å². The first-order valence-corrected chi connectivity index (χ1v) is 8.00. The molecule has 0 radical (unpaired) electrons. The number of nitro benzene ring substituents is 1. The Morgan fingerprint density at radius 3 is 2.38 bits per heavy atom. The van der Waals surface area contributed by atoms with E-state index in [0.717, 1.165) is 0 Å². The Kier molecular flexibility index (Phi) is 5.27. The summed E-state index contributed by atoms with van der Waals surface area (Å²) in [5.74, 6) is -0.705. The number of aromatic nitrogens is 2. The molecule has 0 aliphatic rings. The van der Waals surface area contributed by atoms with Crippen molar-refractivity contribution < 1.29 is 18.1 Å². The SMILES string of the molecule is N#Cc1ccccc1Nc1nc(Nc2ccc([N+](=O)[O-])cc2)ncc1C(F)(F)F. The van der Waals surface area contributed by atoms with Gasteiger partial charge in [0.1, 0.15) is 17.5 Å². The molecule has 2 aromatic carbocycles. The van der Waals surface area contributed by atoms with Crippen LogP contribution in [-0.4, -0.2) is 14.9 Å². The van der Waals surface area contributed by atoms with Crippen molar-refractivity contribution in [2.75, 3.05) is 10.6 Å². The average molecular weight is 400 g/mol. The van der Waals surface area contributed by atoms with Gasteiger partial charge < -0.3 is 10.6 Å². The van der Waals surface area contributed by atoms with Gasteiger partial charge in [-0.15, -0.1) is 0 Å². The van der Waals surface area contributed by atoms with Crippen LogP contribution in [0, 0.1) is 21.4 Å². The Balaban J connectivity index is 1.95. The highest BCUT2D eigenvalue weighted by molar-refractivity contribution is 5.67.